The summed E-state index contributed by atoms with van der Waals surface area (Å²) in [5.41, 5.74) is 0. The molecule has 1 aliphatic carbocycles. The van der Waals surface area contributed by atoms with Gasteiger partial charge in [0, 0.05) is 25.2 Å². The number of hydrogen-bond donors (Lipinski definition) is 1. The Bertz CT molecular complexity index is 147. The van der Waals surface area contributed by atoms with Gasteiger partial charge in [0.2, 0.25) is 0 Å². The lowest BCUT2D eigenvalue weighted by Gasteiger charge is -2.32. The quantitative estimate of drug-likeness (QED) is 0.733. The molecule has 1 N–H and O–H groups in total. The molecule has 2 rings (SSSR count). The summed E-state index contributed by atoms with van der Waals surface area (Å²) < 4.78 is 5.42. The van der Waals surface area contributed by atoms with Gasteiger partial charge < -0.3 is 9.84 Å². The number of aliphatic hydroxyl groups excluding tert-OH is 1. The highest BCUT2D eigenvalue weighted by atomic mass is 16.5. The first-order chi connectivity index (χ1) is 6.92. The smallest absolute Gasteiger partial charge is 0.0622 e. The van der Waals surface area contributed by atoms with Crippen molar-refractivity contribution in [3.63, 3.8) is 0 Å². The second kappa shape index (κ2) is 5.10. The van der Waals surface area contributed by atoms with E-state index in [4.69, 9.17) is 9.84 Å². The van der Waals surface area contributed by atoms with Gasteiger partial charge in [-0.1, -0.05) is 12.8 Å². The summed E-state index contributed by atoms with van der Waals surface area (Å²) in [6.45, 7) is 2.89. The molecular formula is C11H21NO2. The lowest BCUT2D eigenvalue weighted by atomic mass is 10.1. The van der Waals surface area contributed by atoms with Crippen LogP contribution in [-0.2, 0) is 4.74 Å². The Morgan fingerprint density at radius 2 is 1.93 bits per heavy atom. The molecule has 0 spiro atoms. The lowest BCUT2D eigenvalue weighted by molar-refractivity contribution is 0.0890. The van der Waals surface area contributed by atoms with Gasteiger partial charge in [0.05, 0.1) is 13.2 Å². The van der Waals surface area contributed by atoms with E-state index in [1.165, 1.54) is 25.7 Å². The van der Waals surface area contributed by atoms with Crippen molar-refractivity contribution < 1.29 is 9.84 Å². The van der Waals surface area contributed by atoms with Crippen molar-refractivity contribution in [2.24, 2.45) is 0 Å². The predicted molar refractivity (Wildman–Crippen MR) is 55.3 cm³/mol. The summed E-state index contributed by atoms with van der Waals surface area (Å²) in [4.78, 5) is 2.49. The Balaban J connectivity index is 1.91. The van der Waals surface area contributed by atoms with Gasteiger partial charge in [0.15, 0.2) is 0 Å². The van der Waals surface area contributed by atoms with Gasteiger partial charge in [-0.15, -0.1) is 0 Å². The average molecular weight is 199 g/mol. The van der Waals surface area contributed by atoms with Crippen LogP contribution in [0.1, 0.15) is 32.1 Å². The van der Waals surface area contributed by atoms with E-state index in [1.807, 2.05) is 0 Å². The second-order valence-corrected chi connectivity index (χ2v) is 4.42. The van der Waals surface area contributed by atoms with Crippen LogP contribution in [-0.4, -0.2) is 48.5 Å². The van der Waals surface area contributed by atoms with Crippen molar-refractivity contribution >= 4 is 0 Å². The molecule has 0 aromatic carbocycles. The molecule has 3 nitrogen and oxygen atoms in total. The van der Waals surface area contributed by atoms with Gasteiger partial charge in [-0.25, -0.2) is 0 Å². The highest BCUT2D eigenvalue weighted by Crippen LogP contribution is 2.27. The Morgan fingerprint density at radius 1 is 1.14 bits per heavy atom. The van der Waals surface area contributed by atoms with Crippen LogP contribution in [0.4, 0.5) is 0 Å². The Hall–Kier alpha value is -0.120. The first-order valence-corrected chi connectivity index (χ1v) is 5.86. The summed E-state index contributed by atoms with van der Waals surface area (Å²) >= 11 is 0. The van der Waals surface area contributed by atoms with Crippen LogP contribution in [0.3, 0.4) is 0 Å². The van der Waals surface area contributed by atoms with E-state index in [9.17, 15) is 0 Å². The fraction of sp³-hybridized carbons (Fsp3) is 1.00. The molecule has 1 aliphatic heterocycles. The maximum atomic E-state index is 9.07. The van der Waals surface area contributed by atoms with Crippen molar-refractivity contribution in [3.8, 4) is 0 Å². The third-order valence-corrected chi connectivity index (χ3v) is 3.53. The van der Waals surface area contributed by atoms with Crippen LogP contribution in [0.5, 0.6) is 0 Å². The number of nitrogens with zero attached hydrogens (tertiary/aromatic N) is 1. The molecule has 0 aromatic rings. The summed E-state index contributed by atoms with van der Waals surface area (Å²) in [6, 6.07) is 1.29. The fourth-order valence-electron chi connectivity index (χ4n) is 2.80. The predicted octanol–water partition coefficient (Wildman–Crippen LogP) is 1.01. The van der Waals surface area contributed by atoms with Crippen LogP contribution < -0.4 is 0 Å². The van der Waals surface area contributed by atoms with Gasteiger partial charge in [0.1, 0.15) is 0 Å². The molecule has 2 fully saturated rings. The molecule has 0 bridgehead atoms. The molecule has 1 atom stereocenters. The number of hydrogen-bond acceptors (Lipinski definition) is 3. The number of rotatable bonds is 4. The van der Waals surface area contributed by atoms with Gasteiger partial charge in [-0.05, 0) is 19.3 Å². The molecule has 14 heavy (non-hydrogen) atoms. The topological polar surface area (TPSA) is 32.7 Å². The van der Waals surface area contributed by atoms with E-state index in [0.717, 1.165) is 26.2 Å². The molecule has 2 aliphatic rings. The van der Waals surface area contributed by atoms with Crippen LogP contribution in [0, 0.1) is 0 Å². The van der Waals surface area contributed by atoms with Crippen LogP contribution in [0.2, 0.25) is 0 Å². The number of aliphatic hydroxyl groups is 1. The minimum Gasteiger partial charge on any atom is -0.395 e. The van der Waals surface area contributed by atoms with Crippen LogP contribution in [0.15, 0.2) is 0 Å². The molecule has 0 aromatic heterocycles. The first-order valence-electron chi connectivity index (χ1n) is 5.86. The zero-order valence-corrected chi connectivity index (χ0v) is 8.82. The van der Waals surface area contributed by atoms with Crippen molar-refractivity contribution in [2.75, 3.05) is 26.4 Å². The molecule has 82 valence electrons. The van der Waals surface area contributed by atoms with E-state index in [1.54, 1.807) is 0 Å². The largest absolute Gasteiger partial charge is 0.395 e. The Kier molecular flexibility index (Phi) is 3.79. The van der Waals surface area contributed by atoms with E-state index in [-0.39, 0.29) is 6.61 Å². The fourth-order valence-corrected chi connectivity index (χ4v) is 2.80. The summed E-state index contributed by atoms with van der Waals surface area (Å²) in [5, 5.41) is 9.07. The Labute approximate surface area is 86.0 Å². The van der Waals surface area contributed by atoms with Gasteiger partial charge in [-0.3, -0.25) is 4.90 Å². The van der Waals surface area contributed by atoms with Crippen molar-refractivity contribution in [1.82, 2.24) is 4.90 Å². The SMILES string of the molecule is OCCN(C1CCCC1)C1CCOC1. The van der Waals surface area contributed by atoms with Gasteiger partial charge >= 0.3 is 0 Å². The maximum Gasteiger partial charge on any atom is 0.0622 e. The summed E-state index contributed by atoms with van der Waals surface area (Å²) in [5.74, 6) is 0. The van der Waals surface area contributed by atoms with Gasteiger partial charge in [-0.2, -0.15) is 0 Å². The maximum absolute atomic E-state index is 9.07. The zero-order valence-electron chi connectivity index (χ0n) is 8.82. The standard InChI is InChI=1S/C11H21NO2/c13-7-6-12(10-3-1-2-4-10)11-5-8-14-9-11/h10-11,13H,1-9H2. The third kappa shape index (κ3) is 2.27. The van der Waals surface area contributed by atoms with Crippen molar-refractivity contribution in [2.45, 2.75) is 44.2 Å². The molecule has 1 unspecified atom stereocenters. The minimum atomic E-state index is 0.285. The molecule has 1 saturated carbocycles. The number of ether oxygens (including phenoxy) is 1. The molecule has 0 radical (unpaired) electrons. The third-order valence-electron chi connectivity index (χ3n) is 3.53. The molecule has 3 heteroatoms. The average Bonchev–Trinajstić information content (AvgIpc) is 2.87. The zero-order chi connectivity index (χ0) is 9.80. The van der Waals surface area contributed by atoms with E-state index in [2.05, 4.69) is 4.90 Å². The van der Waals surface area contributed by atoms with E-state index in [0.29, 0.717) is 12.1 Å². The van der Waals surface area contributed by atoms with Gasteiger partial charge in [0.25, 0.3) is 0 Å². The molecular weight excluding hydrogens is 178 g/mol. The van der Waals surface area contributed by atoms with Crippen LogP contribution in [0.25, 0.3) is 0 Å². The second-order valence-electron chi connectivity index (χ2n) is 4.42. The van der Waals surface area contributed by atoms with E-state index >= 15 is 0 Å². The molecule has 1 heterocycles. The normalized spacial score (nSPS) is 29.1. The highest BCUT2D eigenvalue weighted by Gasteiger charge is 2.30. The van der Waals surface area contributed by atoms with Crippen molar-refractivity contribution in [3.05, 3.63) is 0 Å². The summed E-state index contributed by atoms with van der Waals surface area (Å²) in [7, 11) is 0. The molecule has 1 saturated heterocycles. The Morgan fingerprint density at radius 3 is 2.50 bits per heavy atom. The van der Waals surface area contributed by atoms with E-state index < -0.39 is 0 Å². The lowest BCUT2D eigenvalue weighted by Crippen LogP contribution is -2.44. The minimum absolute atomic E-state index is 0.285. The van der Waals surface area contributed by atoms with Crippen molar-refractivity contribution in [1.29, 1.82) is 0 Å². The molecule has 0 amide bonds. The summed E-state index contributed by atoms with van der Waals surface area (Å²) in [6.07, 6.45) is 6.50. The van der Waals surface area contributed by atoms with Crippen LogP contribution >= 0.6 is 0 Å². The first kappa shape index (κ1) is 10.4. The highest BCUT2D eigenvalue weighted by molar-refractivity contribution is 4.84. The monoisotopic (exact) mass is 199 g/mol.